The Morgan fingerprint density at radius 1 is 1.29 bits per heavy atom. The minimum Gasteiger partial charge on any atom is -0.386 e. The summed E-state index contributed by atoms with van der Waals surface area (Å²) in [4.78, 5) is 0. The molecule has 76 valence electrons. The number of aliphatic hydroxyl groups is 1. The van der Waals surface area contributed by atoms with Crippen molar-refractivity contribution in [3.8, 4) is 0 Å². The summed E-state index contributed by atoms with van der Waals surface area (Å²) in [6.07, 6.45) is 0.526. The lowest BCUT2D eigenvalue weighted by Crippen LogP contribution is -2.30. The van der Waals surface area contributed by atoms with Gasteiger partial charge in [0.1, 0.15) is 0 Å². The zero-order valence-electron chi connectivity index (χ0n) is 7.50. The van der Waals surface area contributed by atoms with E-state index in [2.05, 4.69) is 0 Å². The van der Waals surface area contributed by atoms with Crippen LogP contribution >= 0.6 is 0 Å². The van der Waals surface area contributed by atoms with E-state index in [0.29, 0.717) is 18.4 Å². The van der Waals surface area contributed by atoms with E-state index < -0.39 is 23.3 Å². The largest absolute Gasteiger partial charge is 0.386 e. The van der Waals surface area contributed by atoms with Crippen LogP contribution in [0, 0.1) is 11.6 Å². The van der Waals surface area contributed by atoms with Crippen LogP contribution in [0.1, 0.15) is 24.5 Å². The maximum absolute atomic E-state index is 12.8. The molecule has 1 unspecified atom stereocenters. The average molecular weight is 199 g/mol. The van der Waals surface area contributed by atoms with Crippen molar-refractivity contribution in [3.05, 3.63) is 35.4 Å². The van der Waals surface area contributed by atoms with Crippen LogP contribution in [0.15, 0.2) is 18.2 Å². The molecule has 0 aromatic heterocycles. The van der Waals surface area contributed by atoms with Gasteiger partial charge in [0.05, 0.1) is 6.10 Å². The standard InChI is InChI=1S/C10H11F2NO/c11-7-2-1-6(5-8(7)12)9(14)10(13)3-4-10/h1-2,5,9,14H,3-4,13H2. The molecule has 0 amide bonds. The van der Waals surface area contributed by atoms with Gasteiger partial charge in [-0.05, 0) is 30.5 Å². The Morgan fingerprint density at radius 3 is 2.43 bits per heavy atom. The summed E-state index contributed by atoms with van der Waals surface area (Å²) >= 11 is 0. The van der Waals surface area contributed by atoms with Crippen LogP contribution in [0.2, 0.25) is 0 Å². The topological polar surface area (TPSA) is 46.2 Å². The summed E-state index contributed by atoms with van der Waals surface area (Å²) in [5, 5.41) is 9.72. The number of benzene rings is 1. The third kappa shape index (κ3) is 1.51. The molecule has 0 heterocycles. The van der Waals surface area contributed by atoms with Gasteiger partial charge in [0.15, 0.2) is 11.6 Å². The SMILES string of the molecule is NC1(C(O)c2ccc(F)c(F)c2)CC1. The van der Waals surface area contributed by atoms with Crippen LogP contribution in [-0.2, 0) is 0 Å². The summed E-state index contributed by atoms with van der Waals surface area (Å²) in [5.41, 5.74) is 5.45. The first kappa shape index (κ1) is 9.55. The molecular weight excluding hydrogens is 188 g/mol. The predicted molar refractivity (Wildman–Crippen MR) is 47.5 cm³/mol. The molecule has 4 heteroatoms. The number of hydrogen-bond acceptors (Lipinski definition) is 2. The molecule has 2 nitrogen and oxygen atoms in total. The van der Waals surface area contributed by atoms with Gasteiger partial charge >= 0.3 is 0 Å². The van der Waals surface area contributed by atoms with Crippen molar-refractivity contribution < 1.29 is 13.9 Å². The molecule has 0 spiro atoms. The van der Waals surface area contributed by atoms with Gasteiger partial charge in [0, 0.05) is 5.54 Å². The van der Waals surface area contributed by atoms with Crippen molar-refractivity contribution in [1.82, 2.24) is 0 Å². The van der Waals surface area contributed by atoms with E-state index in [4.69, 9.17) is 5.73 Å². The van der Waals surface area contributed by atoms with Crippen molar-refractivity contribution in [2.24, 2.45) is 5.73 Å². The highest BCUT2D eigenvalue weighted by Crippen LogP contribution is 2.43. The molecule has 3 N–H and O–H groups in total. The normalized spacial score (nSPS) is 20.6. The molecule has 0 saturated heterocycles. The Morgan fingerprint density at radius 2 is 1.93 bits per heavy atom. The van der Waals surface area contributed by atoms with Gasteiger partial charge in [-0.15, -0.1) is 0 Å². The van der Waals surface area contributed by atoms with Gasteiger partial charge in [-0.25, -0.2) is 8.78 Å². The van der Waals surface area contributed by atoms with E-state index >= 15 is 0 Å². The molecule has 1 aliphatic carbocycles. The molecule has 14 heavy (non-hydrogen) atoms. The Kier molecular flexibility index (Phi) is 2.05. The summed E-state index contributed by atoms with van der Waals surface area (Å²) in [5.74, 6) is -1.87. The van der Waals surface area contributed by atoms with E-state index in [0.717, 1.165) is 12.1 Å². The monoisotopic (exact) mass is 199 g/mol. The van der Waals surface area contributed by atoms with E-state index in [1.165, 1.54) is 6.07 Å². The molecule has 1 saturated carbocycles. The van der Waals surface area contributed by atoms with Crippen molar-refractivity contribution in [1.29, 1.82) is 0 Å². The van der Waals surface area contributed by atoms with Crippen molar-refractivity contribution in [2.75, 3.05) is 0 Å². The Balaban J connectivity index is 2.28. The predicted octanol–water partition coefficient (Wildman–Crippen LogP) is 1.49. The maximum Gasteiger partial charge on any atom is 0.159 e. The van der Waals surface area contributed by atoms with Gasteiger partial charge in [0.25, 0.3) is 0 Å². The van der Waals surface area contributed by atoms with Crippen LogP contribution < -0.4 is 5.73 Å². The fourth-order valence-corrected chi connectivity index (χ4v) is 1.43. The first-order valence-corrected chi connectivity index (χ1v) is 4.45. The smallest absolute Gasteiger partial charge is 0.159 e. The molecule has 2 rings (SSSR count). The van der Waals surface area contributed by atoms with Crippen LogP contribution in [0.25, 0.3) is 0 Å². The van der Waals surface area contributed by atoms with Gasteiger partial charge in [-0.1, -0.05) is 6.07 Å². The van der Waals surface area contributed by atoms with E-state index in [9.17, 15) is 13.9 Å². The fraction of sp³-hybridized carbons (Fsp3) is 0.400. The minimum atomic E-state index is -0.953. The molecule has 1 aromatic rings. The Labute approximate surface area is 80.4 Å². The highest BCUT2D eigenvalue weighted by molar-refractivity contribution is 5.25. The third-order valence-corrected chi connectivity index (χ3v) is 2.63. The molecule has 0 aliphatic heterocycles. The van der Waals surface area contributed by atoms with Crippen molar-refractivity contribution in [3.63, 3.8) is 0 Å². The summed E-state index contributed by atoms with van der Waals surface area (Å²) in [6, 6.07) is 3.35. The molecule has 1 aliphatic rings. The summed E-state index contributed by atoms with van der Waals surface area (Å²) < 4.78 is 25.4. The fourth-order valence-electron chi connectivity index (χ4n) is 1.43. The average Bonchev–Trinajstić information content (AvgIpc) is 2.89. The molecule has 1 atom stereocenters. The zero-order valence-corrected chi connectivity index (χ0v) is 7.50. The van der Waals surface area contributed by atoms with Crippen LogP contribution in [0.4, 0.5) is 8.78 Å². The summed E-state index contributed by atoms with van der Waals surface area (Å²) in [6.45, 7) is 0. The van der Waals surface area contributed by atoms with Gasteiger partial charge in [-0.3, -0.25) is 0 Å². The lowest BCUT2D eigenvalue weighted by Gasteiger charge is -2.17. The maximum atomic E-state index is 12.8. The number of rotatable bonds is 2. The second-order valence-corrected chi connectivity index (χ2v) is 3.81. The highest BCUT2D eigenvalue weighted by atomic mass is 19.2. The van der Waals surface area contributed by atoms with Gasteiger partial charge in [0.2, 0.25) is 0 Å². The minimum absolute atomic E-state index is 0.337. The van der Waals surface area contributed by atoms with E-state index in [-0.39, 0.29) is 0 Å². The third-order valence-electron chi connectivity index (χ3n) is 2.63. The number of aliphatic hydroxyl groups excluding tert-OH is 1. The van der Waals surface area contributed by atoms with E-state index in [1.54, 1.807) is 0 Å². The first-order chi connectivity index (χ1) is 6.53. The number of nitrogens with two attached hydrogens (primary N) is 1. The van der Waals surface area contributed by atoms with Crippen molar-refractivity contribution >= 4 is 0 Å². The van der Waals surface area contributed by atoms with Crippen LogP contribution in [-0.4, -0.2) is 10.6 Å². The quantitative estimate of drug-likeness (QED) is 0.758. The second kappa shape index (κ2) is 3.00. The van der Waals surface area contributed by atoms with Gasteiger partial charge in [-0.2, -0.15) is 0 Å². The summed E-state index contributed by atoms with van der Waals surface area (Å²) in [7, 11) is 0. The Hall–Kier alpha value is -1.00. The van der Waals surface area contributed by atoms with Crippen LogP contribution in [0.5, 0.6) is 0 Å². The molecule has 1 fully saturated rings. The zero-order chi connectivity index (χ0) is 10.3. The number of hydrogen-bond donors (Lipinski definition) is 2. The van der Waals surface area contributed by atoms with Gasteiger partial charge < -0.3 is 10.8 Å². The van der Waals surface area contributed by atoms with Crippen molar-refractivity contribution in [2.45, 2.75) is 24.5 Å². The molecular formula is C10H11F2NO. The van der Waals surface area contributed by atoms with E-state index in [1.807, 2.05) is 0 Å². The number of halogens is 2. The lowest BCUT2D eigenvalue weighted by molar-refractivity contribution is 0.135. The molecule has 0 radical (unpaired) electrons. The molecule has 0 bridgehead atoms. The first-order valence-electron chi connectivity index (χ1n) is 4.45. The van der Waals surface area contributed by atoms with Crippen LogP contribution in [0.3, 0.4) is 0 Å². The lowest BCUT2D eigenvalue weighted by atomic mass is 10.0. The Bertz CT molecular complexity index is 363. The second-order valence-electron chi connectivity index (χ2n) is 3.81. The highest BCUT2D eigenvalue weighted by Gasteiger charge is 2.45. The molecule has 1 aromatic carbocycles.